The number of hydrogen-bond donors (Lipinski definition) is 1. The average Bonchev–Trinajstić information content (AvgIpc) is 2.49. The number of rotatable bonds is 4. The lowest BCUT2D eigenvalue weighted by atomic mass is 10.1. The Labute approximate surface area is 122 Å². The lowest BCUT2D eigenvalue weighted by Gasteiger charge is -2.31. The van der Waals surface area contributed by atoms with Crippen LogP contribution in [0, 0.1) is 11.6 Å². The van der Waals surface area contributed by atoms with E-state index in [0.29, 0.717) is 6.42 Å². The smallest absolute Gasteiger partial charge is 0.246 e. The Kier molecular flexibility index (Phi) is 4.92. The van der Waals surface area contributed by atoms with Crippen LogP contribution < -0.4 is 0 Å². The Balaban J connectivity index is 2.41. The Morgan fingerprint density at radius 3 is 2.76 bits per heavy atom. The highest BCUT2D eigenvalue weighted by atomic mass is 32.2. The van der Waals surface area contributed by atoms with Crippen LogP contribution in [-0.4, -0.2) is 44.1 Å². The van der Waals surface area contributed by atoms with E-state index in [1.807, 2.05) is 0 Å². The Morgan fingerprint density at radius 2 is 2.14 bits per heavy atom. The molecule has 118 valence electrons. The molecule has 0 aliphatic carbocycles. The molecule has 1 heterocycles. The molecule has 0 aromatic heterocycles. The van der Waals surface area contributed by atoms with E-state index in [4.69, 9.17) is 9.84 Å². The van der Waals surface area contributed by atoms with Gasteiger partial charge in [0, 0.05) is 20.2 Å². The van der Waals surface area contributed by atoms with Gasteiger partial charge in [-0.3, -0.25) is 0 Å². The molecular formula is C13H17F2NO4S. The van der Waals surface area contributed by atoms with Crippen LogP contribution >= 0.6 is 0 Å². The van der Waals surface area contributed by atoms with Crippen LogP contribution in [-0.2, 0) is 21.4 Å². The minimum absolute atomic E-state index is 0.00720. The SMILES string of the molecule is COC1CCCN(S(=O)(=O)c2cc(CO)cc(F)c2F)C1. The summed E-state index contributed by atoms with van der Waals surface area (Å²) in [7, 11) is -2.68. The number of aliphatic hydroxyl groups excluding tert-OH is 1. The van der Waals surface area contributed by atoms with E-state index in [9.17, 15) is 17.2 Å². The van der Waals surface area contributed by atoms with Gasteiger partial charge in [-0.1, -0.05) is 0 Å². The van der Waals surface area contributed by atoms with Gasteiger partial charge in [-0.25, -0.2) is 17.2 Å². The molecule has 1 atom stereocenters. The number of piperidine rings is 1. The van der Waals surface area contributed by atoms with E-state index < -0.39 is 33.2 Å². The molecule has 1 aliphatic rings. The fourth-order valence-corrected chi connectivity index (χ4v) is 3.99. The van der Waals surface area contributed by atoms with Gasteiger partial charge in [-0.05, 0) is 30.5 Å². The minimum atomic E-state index is -4.16. The summed E-state index contributed by atoms with van der Waals surface area (Å²) in [6.07, 6.45) is 1.04. The first kappa shape index (κ1) is 16.3. The second-order valence-electron chi connectivity index (χ2n) is 4.91. The molecule has 1 aromatic carbocycles. The normalized spacial score (nSPS) is 20.7. The number of ether oxygens (including phenoxy) is 1. The van der Waals surface area contributed by atoms with Crippen molar-refractivity contribution in [3.8, 4) is 0 Å². The van der Waals surface area contributed by atoms with Crippen molar-refractivity contribution in [2.45, 2.75) is 30.4 Å². The predicted octanol–water partition coefficient (Wildman–Crippen LogP) is 1.26. The van der Waals surface area contributed by atoms with Gasteiger partial charge in [0.2, 0.25) is 10.0 Å². The minimum Gasteiger partial charge on any atom is -0.392 e. The van der Waals surface area contributed by atoms with Gasteiger partial charge < -0.3 is 9.84 Å². The monoisotopic (exact) mass is 321 g/mol. The van der Waals surface area contributed by atoms with Gasteiger partial charge in [-0.15, -0.1) is 0 Å². The Bertz CT molecular complexity index is 621. The maximum Gasteiger partial charge on any atom is 0.246 e. The van der Waals surface area contributed by atoms with Crippen molar-refractivity contribution >= 4 is 10.0 Å². The van der Waals surface area contributed by atoms with Crippen LogP contribution in [0.15, 0.2) is 17.0 Å². The van der Waals surface area contributed by atoms with Crippen molar-refractivity contribution in [1.29, 1.82) is 0 Å². The quantitative estimate of drug-likeness (QED) is 0.906. The molecule has 8 heteroatoms. The lowest BCUT2D eigenvalue weighted by Crippen LogP contribution is -2.43. The first-order chi connectivity index (χ1) is 9.90. The second kappa shape index (κ2) is 6.35. The summed E-state index contributed by atoms with van der Waals surface area (Å²) >= 11 is 0. The van der Waals surface area contributed by atoms with Crippen molar-refractivity contribution in [3.05, 3.63) is 29.3 Å². The van der Waals surface area contributed by atoms with Crippen LogP contribution in [0.4, 0.5) is 8.78 Å². The Morgan fingerprint density at radius 1 is 1.43 bits per heavy atom. The molecule has 1 aliphatic heterocycles. The van der Waals surface area contributed by atoms with Crippen molar-refractivity contribution in [2.75, 3.05) is 20.2 Å². The molecule has 21 heavy (non-hydrogen) atoms. The third-order valence-electron chi connectivity index (χ3n) is 3.53. The number of aliphatic hydroxyl groups is 1. The number of hydrogen-bond acceptors (Lipinski definition) is 4. The van der Waals surface area contributed by atoms with Gasteiger partial charge in [0.15, 0.2) is 11.6 Å². The van der Waals surface area contributed by atoms with E-state index in [-0.39, 0.29) is 24.8 Å². The lowest BCUT2D eigenvalue weighted by molar-refractivity contribution is 0.0571. The van der Waals surface area contributed by atoms with Crippen LogP contribution in [0.2, 0.25) is 0 Å². The largest absolute Gasteiger partial charge is 0.392 e. The summed E-state index contributed by atoms with van der Waals surface area (Å²) in [6.45, 7) is -0.240. The van der Waals surface area contributed by atoms with Gasteiger partial charge in [0.1, 0.15) is 4.90 Å². The Hall–Kier alpha value is -1.09. The van der Waals surface area contributed by atoms with Gasteiger partial charge in [0.05, 0.1) is 12.7 Å². The van der Waals surface area contributed by atoms with Gasteiger partial charge in [-0.2, -0.15) is 4.31 Å². The van der Waals surface area contributed by atoms with E-state index in [2.05, 4.69) is 0 Å². The average molecular weight is 321 g/mol. The maximum absolute atomic E-state index is 13.9. The van der Waals surface area contributed by atoms with E-state index in [0.717, 1.165) is 22.9 Å². The maximum atomic E-state index is 13.9. The summed E-state index contributed by atoms with van der Waals surface area (Å²) in [5.74, 6) is -2.72. The van der Waals surface area contributed by atoms with Gasteiger partial charge in [0.25, 0.3) is 0 Å². The van der Waals surface area contributed by atoms with Crippen molar-refractivity contribution < 1.29 is 27.0 Å². The number of methoxy groups -OCH3 is 1. The van der Waals surface area contributed by atoms with Crippen molar-refractivity contribution in [2.24, 2.45) is 0 Å². The van der Waals surface area contributed by atoms with E-state index in [1.165, 1.54) is 7.11 Å². The molecule has 1 aromatic rings. The first-order valence-electron chi connectivity index (χ1n) is 6.52. The first-order valence-corrected chi connectivity index (χ1v) is 7.96. The highest BCUT2D eigenvalue weighted by Gasteiger charge is 2.33. The number of halogens is 2. The molecule has 1 unspecified atom stereocenters. The molecule has 1 N–H and O–H groups in total. The molecular weight excluding hydrogens is 304 g/mol. The summed E-state index contributed by atoms with van der Waals surface area (Å²) < 4.78 is 58.5. The molecule has 5 nitrogen and oxygen atoms in total. The molecule has 0 spiro atoms. The van der Waals surface area contributed by atoms with Crippen LogP contribution in [0.1, 0.15) is 18.4 Å². The van der Waals surface area contributed by atoms with E-state index in [1.54, 1.807) is 0 Å². The molecule has 0 amide bonds. The zero-order chi connectivity index (χ0) is 15.6. The number of nitrogens with zero attached hydrogens (tertiary/aromatic N) is 1. The zero-order valence-electron chi connectivity index (χ0n) is 11.6. The summed E-state index contributed by atoms with van der Waals surface area (Å²) in [6, 6.07) is 1.74. The zero-order valence-corrected chi connectivity index (χ0v) is 12.4. The second-order valence-corrected chi connectivity index (χ2v) is 6.82. The van der Waals surface area contributed by atoms with E-state index >= 15 is 0 Å². The summed E-state index contributed by atoms with van der Waals surface area (Å²) in [5, 5.41) is 9.02. The van der Waals surface area contributed by atoms with Crippen LogP contribution in [0.3, 0.4) is 0 Å². The van der Waals surface area contributed by atoms with Crippen LogP contribution in [0.5, 0.6) is 0 Å². The number of sulfonamides is 1. The molecule has 0 bridgehead atoms. The molecule has 0 radical (unpaired) electrons. The summed E-state index contributed by atoms with van der Waals surface area (Å²) in [5.41, 5.74) is 0.00720. The van der Waals surface area contributed by atoms with Crippen LogP contribution in [0.25, 0.3) is 0 Å². The fraction of sp³-hybridized carbons (Fsp3) is 0.538. The molecule has 2 rings (SSSR count). The van der Waals surface area contributed by atoms with Gasteiger partial charge >= 0.3 is 0 Å². The molecule has 1 fully saturated rings. The number of benzene rings is 1. The standard InChI is InChI=1S/C13H17F2NO4S/c1-20-10-3-2-4-16(7-10)21(18,19)12-6-9(8-17)5-11(14)13(12)15/h5-6,10,17H,2-4,7-8H2,1H3. The van der Waals surface area contributed by atoms with Crippen molar-refractivity contribution in [1.82, 2.24) is 4.31 Å². The molecule has 1 saturated heterocycles. The highest BCUT2D eigenvalue weighted by molar-refractivity contribution is 7.89. The van der Waals surface area contributed by atoms with Crippen molar-refractivity contribution in [3.63, 3.8) is 0 Å². The third kappa shape index (κ3) is 3.23. The predicted molar refractivity (Wildman–Crippen MR) is 71.1 cm³/mol. The topological polar surface area (TPSA) is 66.8 Å². The fourth-order valence-electron chi connectivity index (χ4n) is 2.35. The molecule has 0 saturated carbocycles. The highest BCUT2D eigenvalue weighted by Crippen LogP contribution is 2.26. The summed E-state index contributed by atoms with van der Waals surface area (Å²) in [4.78, 5) is -0.747. The third-order valence-corrected chi connectivity index (χ3v) is 5.39.